The Bertz CT molecular complexity index is 168. The average molecular weight is 198 g/mol. The van der Waals surface area contributed by atoms with E-state index in [1.807, 2.05) is 0 Å². The third-order valence-corrected chi connectivity index (χ3v) is 6.62. The van der Waals surface area contributed by atoms with Crippen LogP contribution in [0.15, 0.2) is 0 Å². The van der Waals surface area contributed by atoms with Gasteiger partial charge in [-0.2, -0.15) is 5.26 Å². The van der Waals surface area contributed by atoms with Crippen LogP contribution in [0.25, 0.3) is 0 Å². The molecule has 0 aliphatic rings. The molecule has 2 nitrogen and oxygen atoms in total. The smallest absolute Gasteiger partial charge is 0.122 e. The van der Waals surface area contributed by atoms with E-state index in [-0.39, 0.29) is 0 Å². The SMILES string of the molecule is CCN(CC)[Si](C)(C)CCCC#N. The Balaban J connectivity index is 3.97. The molecule has 13 heavy (non-hydrogen) atoms. The van der Waals surface area contributed by atoms with Crippen LogP contribution in [0.5, 0.6) is 0 Å². The number of nitriles is 1. The zero-order valence-corrected chi connectivity index (χ0v) is 10.4. The van der Waals surface area contributed by atoms with Crippen molar-refractivity contribution in [3.05, 3.63) is 0 Å². The summed E-state index contributed by atoms with van der Waals surface area (Å²) in [5.41, 5.74) is 0. The van der Waals surface area contributed by atoms with Gasteiger partial charge in [-0.3, -0.25) is 0 Å². The second-order valence-electron chi connectivity index (χ2n) is 4.00. The van der Waals surface area contributed by atoms with E-state index in [0.29, 0.717) is 0 Å². The molecule has 0 aromatic carbocycles. The molecule has 76 valence electrons. The summed E-state index contributed by atoms with van der Waals surface area (Å²) < 4.78 is 2.59. The van der Waals surface area contributed by atoms with Crippen LogP contribution in [0.1, 0.15) is 26.7 Å². The molecule has 0 saturated heterocycles. The number of nitrogens with zero attached hydrogens (tertiary/aromatic N) is 2. The van der Waals surface area contributed by atoms with Crippen LogP contribution in [0.2, 0.25) is 19.1 Å². The Labute approximate surface area is 83.6 Å². The second-order valence-corrected chi connectivity index (χ2v) is 8.75. The summed E-state index contributed by atoms with van der Waals surface area (Å²) in [6.45, 7) is 11.6. The van der Waals surface area contributed by atoms with Gasteiger partial charge in [0.25, 0.3) is 0 Å². The Hall–Kier alpha value is -0.333. The third kappa shape index (κ3) is 4.44. The minimum Gasteiger partial charge on any atom is -0.324 e. The molecule has 3 heteroatoms. The topological polar surface area (TPSA) is 27.0 Å². The van der Waals surface area contributed by atoms with Gasteiger partial charge in [0.2, 0.25) is 0 Å². The summed E-state index contributed by atoms with van der Waals surface area (Å²) in [6.07, 6.45) is 1.80. The highest BCUT2D eigenvalue weighted by molar-refractivity contribution is 6.74. The van der Waals surface area contributed by atoms with Crippen LogP contribution in [0.3, 0.4) is 0 Å². The maximum atomic E-state index is 8.47. The highest BCUT2D eigenvalue weighted by Crippen LogP contribution is 2.17. The lowest BCUT2D eigenvalue weighted by Gasteiger charge is -2.35. The molecule has 0 amide bonds. The van der Waals surface area contributed by atoms with Crippen molar-refractivity contribution < 1.29 is 0 Å². The van der Waals surface area contributed by atoms with Crippen molar-refractivity contribution in [1.82, 2.24) is 4.57 Å². The van der Waals surface area contributed by atoms with Crippen molar-refractivity contribution in [3.63, 3.8) is 0 Å². The lowest BCUT2D eigenvalue weighted by molar-refractivity contribution is 0.463. The third-order valence-electron chi connectivity index (χ3n) is 2.70. The lowest BCUT2D eigenvalue weighted by Crippen LogP contribution is -2.48. The van der Waals surface area contributed by atoms with Crippen molar-refractivity contribution >= 4 is 8.24 Å². The van der Waals surface area contributed by atoms with E-state index in [1.54, 1.807) is 0 Å². The van der Waals surface area contributed by atoms with Gasteiger partial charge in [-0.15, -0.1) is 0 Å². The molecule has 0 heterocycles. The molecule has 0 aromatic rings. The zero-order valence-electron chi connectivity index (χ0n) is 9.43. The zero-order chi connectivity index (χ0) is 10.3. The molecule has 0 spiro atoms. The van der Waals surface area contributed by atoms with Crippen molar-refractivity contribution in [1.29, 1.82) is 5.26 Å². The molecular formula is C10H22N2Si. The molecule has 0 aromatic heterocycles. The van der Waals surface area contributed by atoms with E-state index in [1.165, 1.54) is 6.04 Å². The molecule has 0 aliphatic carbocycles. The Kier molecular flexibility index (Phi) is 6.01. The number of hydrogen-bond acceptors (Lipinski definition) is 2. The normalized spacial score (nSPS) is 11.7. The highest BCUT2D eigenvalue weighted by atomic mass is 28.3. The molecular weight excluding hydrogens is 176 g/mol. The largest absolute Gasteiger partial charge is 0.324 e. The van der Waals surface area contributed by atoms with Gasteiger partial charge >= 0.3 is 0 Å². The highest BCUT2D eigenvalue weighted by Gasteiger charge is 2.26. The van der Waals surface area contributed by atoms with Gasteiger partial charge in [0, 0.05) is 6.42 Å². The van der Waals surface area contributed by atoms with E-state index in [0.717, 1.165) is 25.9 Å². The standard InChI is InChI=1S/C10H22N2Si/c1-5-12(6-2)13(3,4)10-8-7-9-11/h5-8,10H2,1-4H3. The summed E-state index contributed by atoms with van der Waals surface area (Å²) in [4.78, 5) is 0. The summed E-state index contributed by atoms with van der Waals surface area (Å²) in [5.74, 6) is 0. The van der Waals surface area contributed by atoms with Crippen molar-refractivity contribution in [2.45, 2.75) is 45.8 Å². The summed E-state index contributed by atoms with van der Waals surface area (Å²) in [6, 6.07) is 3.47. The molecule has 0 bridgehead atoms. The minimum atomic E-state index is -1.19. The van der Waals surface area contributed by atoms with Gasteiger partial charge < -0.3 is 4.57 Å². The molecule has 0 radical (unpaired) electrons. The summed E-state index contributed by atoms with van der Waals surface area (Å²) >= 11 is 0. The first-order valence-corrected chi connectivity index (χ1v) is 8.36. The van der Waals surface area contributed by atoms with Gasteiger partial charge in [-0.05, 0) is 25.6 Å². The molecule has 0 N–H and O–H groups in total. The van der Waals surface area contributed by atoms with Crippen molar-refractivity contribution in [3.8, 4) is 6.07 Å². The van der Waals surface area contributed by atoms with E-state index in [4.69, 9.17) is 5.26 Å². The molecule has 0 rings (SSSR count). The Morgan fingerprint density at radius 3 is 2.15 bits per heavy atom. The van der Waals surface area contributed by atoms with Gasteiger partial charge in [-0.25, -0.2) is 0 Å². The first kappa shape index (κ1) is 12.7. The Morgan fingerprint density at radius 1 is 1.23 bits per heavy atom. The van der Waals surface area contributed by atoms with Crippen LogP contribution < -0.4 is 0 Å². The predicted octanol–water partition coefficient (Wildman–Crippen LogP) is 2.84. The number of rotatable bonds is 6. The fourth-order valence-electron chi connectivity index (χ4n) is 1.84. The van der Waals surface area contributed by atoms with Crippen LogP contribution >= 0.6 is 0 Å². The quantitative estimate of drug-likeness (QED) is 0.485. The van der Waals surface area contributed by atoms with Crippen LogP contribution in [-0.2, 0) is 0 Å². The van der Waals surface area contributed by atoms with Gasteiger partial charge in [0.1, 0.15) is 8.24 Å². The lowest BCUT2D eigenvalue weighted by atomic mass is 10.4. The number of hydrogen-bond donors (Lipinski definition) is 0. The monoisotopic (exact) mass is 198 g/mol. The van der Waals surface area contributed by atoms with Crippen LogP contribution in [-0.4, -0.2) is 25.9 Å². The van der Waals surface area contributed by atoms with Gasteiger partial charge in [0.05, 0.1) is 6.07 Å². The predicted molar refractivity (Wildman–Crippen MR) is 60.1 cm³/mol. The van der Waals surface area contributed by atoms with E-state index < -0.39 is 8.24 Å². The molecule has 0 saturated carbocycles. The first-order chi connectivity index (χ1) is 6.08. The number of unbranched alkanes of at least 4 members (excludes halogenated alkanes) is 1. The van der Waals surface area contributed by atoms with Crippen molar-refractivity contribution in [2.24, 2.45) is 0 Å². The molecule has 0 fully saturated rings. The van der Waals surface area contributed by atoms with E-state index in [9.17, 15) is 0 Å². The van der Waals surface area contributed by atoms with Crippen LogP contribution in [0.4, 0.5) is 0 Å². The Morgan fingerprint density at radius 2 is 1.77 bits per heavy atom. The fourth-order valence-corrected chi connectivity index (χ4v) is 4.91. The first-order valence-electron chi connectivity index (χ1n) is 5.20. The summed E-state index contributed by atoms with van der Waals surface area (Å²) in [5, 5.41) is 8.47. The minimum absolute atomic E-state index is 0.720. The maximum absolute atomic E-state index is 8.47. The van der Waals surface area contributed by atoms with E-state index >= 15 is 0 Å². The van der Waals surface area contributed by atoms with E-state index in [2.05, 4.69) is 37.6 Å². The second kappa shape index (κ2) is 6.17. The molecule has 0 atom stereocenters. The fraction of sp³-hybridized carbons (Fsp3) is 0.900. The summed E-state index contributed by atoms with van der Waals surface area (Å²) in [7, 11) is -1.19. The van der Waals surface area contributed by atoms with Crippen LogP contribution in [0, 0.1) is 11.3 Å². The maximum Gasteiger partial charge on any atom is 0.122 e. The van der Waals surface area contributed by atoms with Crippen molar-refractivity contribution in [2.75, 3.05) is 13.1 Å². The van der Waals surface area contributed by atoms with Gasteiger partial charge in [0.15, 0.2) is 0 Å². The average Bonchev–Trinajstić information content (AvgIpc) is 2.06. The van der Waals surface area contributed by atoms with Gasteiger partial charge in [-0.1, -0.05) is 26.9 Å². The molecule has 0 unspecified atom stereocenters. The molecule has 0 aliphatic heterocycles.